The van der Waals surface area contributed by atoms with Gasteiger partial charge in [-0.2, -0.15) is 13.2 Å². The first-order valence-corrected chi connectivity index (χ1v) is 10.4. The van der Waals surface area contributed by atoms with Crippen molar-refractivity contribution >= 4 is 11.9 Å². The normalized spacial score (nSPS) is 19.2. The molecule has 32 heavy (non-hydrogen) atoms. The maximum atomic E-state index is 11.6. The van der Waals surface area contributed by atoms with Crippen molar-refractivity contribution in [3.05, 3.63) is 48.0 Å². The van der Waals surface area contributed by atoms with Gasteiger partial charge < -0.3 is 20.1 Å². The number of aromatic nitrogens is 2. The van der Waals surface area contributed by atoms with Crippen LogP contribution in [0, 0.1) is 12.8 Å². The number of halogens is 3. The van der Waals surface area contributed by atoms with Gasteiger partial charge in [-0.15, -0.1) is 0 Å². The van der Waals surface area contributed by atoms with Crippen LogP contribution in [0.25, 0.3) is 5.69 Å². The number of nitrogens with zero attached hydrogens (tertiary/aromatic N) is 2. The zero-order valence-electron chi connectivity index (χ0n) is 17.8. The minimum Gasteiger partial charge on any atom is -0.481 e. The van der Waals surface area contributed by atoms with Crippen LogP contribution in [0.15, 0.2) is 36.9 Å². The quantitative estimate of drug-likeness (QED) is 0.620. The number of aryl methyl sites for hydroxylation is 1. The van der Waals surface area contributed by atoms with Crippen molar-refractivity contribution in [2.45, 2.75) is 64.2 Å². The number of hydrogen-bond acceptors (Lipinski definition) is 4. The molecule has 3 N–H and O–H groups in total. The summed E-state index contributed by atoms with van der Waals surface area (Å²) in [4.78, 5) is 24.6. The highest BCUT2D eigenvalue weighted by Crippen LogP contribution is 2.24. The fourth-order valence-electron chi connectivity index (χ4n) is 3.79. The average molecular weight is 455 g/mol. The van der Waals surface area contributed by atoms with Crippen LogP contribution in [0.5, 0.6) is 0 Å². The van der Waals surface area contributed by atoms with E-state index in [9.17, 15) is 23.1 Å². The van der Waals surface area contributed by atoms with Gasteiger partial charge in [0, 0.05) is 30.7 Å². The molecule has 1 aromatic heterocycles. The van der Waals surface area contributed by atoms with Crippen molar-refractivity contribution in [1.82, 2.24) is 14.9 Å². The lowest BCUT2D eigenvalue weighted by atomic mass is 9.86. The molecule has 2 atom stereocenters. The number of imidazole rings is 1. The minimum absolute atomic E-state index is 0.0615. The fraction of sp³-hybridized carbons (Fsp3) is 0.500. The van der Waals surface area contributed by atoms with Gasteiger partial charge in [-0.05, 0) is 37.0 Å². The van der Waals surface area contributed by atoms with Crippen LogP contribution in [0.4, 0.5) is 13.2 Å². The van der Waals surface area contributed by atoms with Crippen LogP contribution in [0.1, 0.15) is 49.7 Å². The van der Waals surface area contributed by atoms with E-state index >= 15 is 0 Å². The van der Waals surface area contributed by atoms with Gasteiger partial charge in [-0.3, -0.25) is 4.79 Å². The predicted molar refractivity (Wildman–Crippen MR) is 111 cm³/mol. The van der Waals surface area contributed by atoms with Gasteiger partial charge in [0.1, 0.15) is 0 Å². The van der Waals surface area contributed by atoms with Crippen LogP contribution >= 0.6 is 0 Å². The Balaban J connectivity index is 0.000000451. The summed E-state index contributed by atoms with van der Waals surface area (Å²) in [6.07, 6.45) is 6.66. The van der Waals surface area contributed by atoms with E-state index in [0.29, 0.717) is 6.54 Å². The monoisotopic (exact) mass is 455 g/mol. The van der Waals surface area contributed by atoms with Crippen molar-refractivity contribution in [1.29, 1.82) is 0 Å². The summed E-state index contributed by atoms with van der Waals surface area (Å²) < 4.78 is 33.7. The number of alkyl halides is 3. The van der Waals surface area contributed by atoms with Crippen LogP contribution < -0.4 is 5.32 Å². The van der Waals surface area contributed by atoms with Crippen LogP contribution in [0.3, 0.4) is 0 Å². The van der Waals surface area contributed by atoms with Gasteiger partial charge in [-0.25, -0.2) is 9.78 Å². The second-order valence-electron chi connectivity index (χ2n) is 7.82. The summed E-state index contributed by atoms with van der Waals surface area (Å²) in [5, 5.41) is 20.2. The number of hydrogen-bond donors (Lipinski definition) is 3. The molecule has 0 saturated heterocycles. The Morgan fingerprint density at radius 1 is 1.16 bits per heavy atom. The van der Waals surface area contributed by atoms with Crippen LogP contribution in [0.2, 0.25) is 0 Å². The van der Waals surface area contributed by atoms with E-state index in [0.717, 1.165) is 37.8 Å². The number of carboxylic acids is 2. The second-order valence-corrected chi connectivity index (χ2v) is 7.82. The molecule has 0 unspecified atom stereocenters. The summed E-state index contributed by atoms with van der Waals surface area (Å²) in [5.74, 6) is -3.69. The highest BCUT2D eigenvalue weighted by Gasteiger charge is 2.38. The molecule has 0 amide bonds. The average Bonchev–Trinajstić information content (AvgIpc) is 3.21. The van der Waals surface area contributed by atoms with Crippen molar-refractivity contribution < 1.29 is 33.0 Å². The van der Waals surface area contributed by atoms with Gasteiger partial charge in [0.2, 0.25) is 0 Å². The smallest absolute Gasteiger partial charge is 0.481 e. The molecule has 1 saturated carbocycles. The molecule has 0 bridgehead atoms. The number of carboxylic acid groups (broad SMARTS) is 2. The summed E-state index contributed by atoms with van der Waals surface area (Å²) in [6, 6.07) is 6.43. The molecule has 0 radical (unpaired) electrons. The largest absolute Gasteiger partial charge is 0.490 e. The van der Waals surface area contributed by atoms with Crippen LogP contribution in [-0.2, 0) is 16.1 Å². The molecule has 1 fully saturated rings. The van der Waals surface area contributed by atoms with Crippen molar-refractivity contribution in [3.8, 4) is 5.69 Å². The van der Waals surface area contributed by atoms with Gasteiger partial charge >= 0.3 is 18.1 Å². The zero-order chi connectivity index (χ0) is 23.7. The Labute approximate surface area is 184 Å². The van der Waals surface area contributed by atoms with Crippen molar-refractivity contribution in [2.75, 3.05) is 0 Å². The lowest BCUT2D eigenvalue weighted by Gasteiger charge is -2.27. The Morgan fingerprint density at radius 3 is 2.34 bits per heavy atom. The van der Waals surface area contributed by atoms with Crippen LogP contribution in [-0.4, -0.2) is 43.9 Å². The van der Waals surface area contributed by atoms with E-state index in [1.807, 2.05) is 10.8 Å². The number of carbonyl (C=O) groups is 2. The standard InChI is InChI=1S/C20H27N3O2.C2HF3O2/c1-15-12-16(8-9-19(15)23-11-10-21-14-23)13-22-18-7-5-3-2-4-6-17(18)20(24)25;3-2(4,5)1(6)7/h8-12,14,17-18,22H,2-7,13H2,1H3,(H,24,25);(H,6,7)/t17-,18+;/m0./s1. The molecule has 1 aliphatic rings. The minimum atomic E-state index is -5.08. The first-order valence-electron chi connectivity index (χ1n) is 10.4. The Kier molecular flexibility index (Phi) is 9.25. The zero-order valence-corrected chi connectivity index (χ0v) is 17.8. The van der Waals surface area contributed by atoms with E-state index in [-0.39, 0.29) is 12.0 Å². The topological polar surface area (TPSA) is 104 Å². The van der Waals surface area contributed by atoms with E-state index in [4.69, 9.17) is 9.90 Å². The first kappa shape index (κ1) is 25.4. The molecule has 2 aromatic rings. The second kappa shape index (κ2) is 11.7. The molecule has 1 aliphatic carbocycles. The predicted octanol–water partition coefficient (Wildman–Crippen LogP) is 4.33. The summed E-state index contributed by atoms with van der Waals surface area (Å²) >= 11 is 0. The maximum absolute atomic E-state index is 11.6. The third-order valence-electron chi connectivity index (χ3n) is 5.44. The lowest BCUT2D eigenvalue weighted by Crippen LogP contribution is -2.40. The summed E-state index contributed by atoms with van der Waals surface area (Å²) in [6.45, 7) is 2.80. The molecule has 0 aliphatic heterocycles. The molecule has 10 heteroatoms. The number of aliphatic carboxylic acids is 2. The Morgan fingerprint density at radius 2 is 1.81 bits per heavy atom. The number of rotatable bonds is 5. The summed E-state index contributed by atoms with van der Waals surface area (Å²) in [5.41, 5.74) is 3.49. The third-order valence-corrected chi connectivity index (χ3v) is 5.44. The number of benzene rings is 1. The van der Waals surface area contributed by atoms with Gasteiger partial charge in [-0.1, -0.05) is 37.8 Å². The highest BCUT2D eigenvalue weighted by molar-refractivity contribution is 5.73. The van der Waals surface area contributed by atoms with Gasteiger partial charge in [0.15, 0.2) is 0 Å². The SMILES string of the molecule is Cc1cc(CN[C@@H]2CCCCCC[C@@H]2C(=O)O)ccc1-n1ccnc1.O=C(O)C(F)(F)F. The van der Waals surface area contributed by atoms with E-state index in [2.05, 4.69) is 35.4 Å². The van der Waals surface area contributed by atoms with E-state index < -0.39 is 18.1 Å². The van der Waals surface area contributed by atoms with E-state index in [1.54, 1.807) is 12.5 Å². The molecule has 7 nitrogen and oxygen atoms in total. The molecule has 0 spiro atoms. The van der Waals surface area contributed by atoms with Crippen molar-refractivity contribution in [3.63, 3.8) is 0 Å². The third kappa shape index (κ3) is 7.67. The maximum Gasteiger partial charge on any atom is 0.490 e. The molecular weight excluding hydrogens is 427 g/mol. The summed E-state index contributed by atoms with van der Waals surface area (Å²) in [7, 11) is 0. The van der Waals surface area contributed by atoms with E-state index in [1.165, 1.54) is 17.5 Å². The first-order chi connectivity index (χ1) is 15.1. The molecular formula is C22H28F3N3O4. The molecule has 1 heterocycles. The molecule has 3 rings (SSSR count). The van der Waals surface area contributed by atoms with Gasteiger partial charge in [0.05, 0.1) is 12.2 Å². The Bertz CT molecular complexity index is 885. The lowest BCUT2D eigenvalue weighted by molar-refractivity contribution is -0.192. The molecule has 176 valence electrons. The number of nitrogens with one attached hydrogen (secondary N) is 1. The fourth-order valence-corrected chi connectivity index (χ4v) is 3.79. The highest BCUT2D eigenvalue weighted by atomic mass is 19.4. The molecule has 1 aromatic carbocycles. The van der Waals surface area contributed by atoms with Crippen molar-refractivity contribution in [2.24, 2.45) is 5.92 Å². The van der Waals surface area contributed by atoms with Gasteiger partial charge in [0.25, 0.3) is 0 Å². The Hall–Kier alpha value is -2.88.